The van der Waals surface area contributed by atoms with Gasteiger partial charge < -0.3 is 4.74 Å². The summed E-state index contributed by atoms with van der Waals surface area (Å²) >= 11 is 0. The zero-order valence-electron chi connectivity index (χ0n) is 15.0. The van der Waals surface area contributed by atoms with Gasteiger partial charge in [-0.05, 0) is 64.1 Å². The second-order valence-electron chi connectivity index (χ2n) is 6.68. The van der Waals surface area contributed by atoms with E-state index >= 15 is 0 Å². The Morgan fingerprint density at radius 3 is 2.31 bits per heavy atom. The molecule has 0 spiro atoms. The second kappa shape index (κ2) is 7.41. The fraction of sp³-hybridized carbons (Fsp3) is 0.333. The number of carbonyl (C=O) groups excluding carboxylic acids is 1. The van der Waals surface area contributed by atoms with Crippen LogP contribution in [0.15, 0.2) is 53.7 Å². The van der Waals surface area contributed by atoms with Gasteiger partial charge in [0.25, 0.3) is 10.0 Å². The van der Waals surface area contributed by atoms with E-state index in [-0.39, 0.29) is 10.6 Å². The molecule has 0 saturated heterocycles. The van der Waals surface area contributed by atoms with E-state index in [1.807, 2.05) is 0 Å². The number of hydrogen-bond acceptors (Lipinski definition) is 5. The van der Waals surface area contributed by atoms with Crippen LogP contribution in [0.5, 0.6) is 0 Å². The maximum absolute atomic E-state index is 13.3. The number of anilines is 1. The first-order chi connectivity index (χ1) is 12.0. The number of carbonyl (C=O) groups is 1. The quantitative estimate of drug-likeness (QED) is 0.745. The molecule has 6 nitrogen and oxygen atoms in total. The third kappa shape index (κ3) is 4.57. The second-order valence-corrected chi connectivity index (χ2v) is 8.49. The van der Waals surface area contributed by atoms with Crippen LogP contribution in [-0.4, -0.2) is 31.0 Å². The van der Waals surface area contributed by atoms with Crippen molar-refractivity contribution in [1.82, 2.24) is 4.98 Å². The molecule has 0 saturated carbocycles. The average Bonchev–Trinajstić information content (AvgIpc) is 2.56. The van der Waals surface area contributed by atoms with Crippen LogP contribution in [0.1, 0.15) is 27.7 Å². The molecule has 26 heavy (non-hydrogen) atoms. The van der Waals surface area contributed by atoms with Crippen LogP contribution in [0, 0.1) is 5.82 Å². The van der Waals surface area contributed by atoms with Crippen molar-refractivity contribution in [2.75, 3.05) is 4.31 Å². The van der Waals surface area contributed by atoms with Gasteiger partial charge in [-0.3, -0.25) is 9.29 Å². The molecule has 1 aromatic heterocycles. The largest absolute Gasteiger partial charge is 0.458 e. The van der Waals surface area contributed by atoms with Crippen molar-refractivity contribution in [3.8, 4) is 0 Å². The molecule has 0 bridgehead atoms. The molecular weight excluding hydrogens is 359 g/mol. The normalized spacial score (nSPS) is 13.1. The van der Waals surface area contributed by atoms with Crippen LogP contribution in [0.25, 0.3) is 0 Å². The molecule has 8 heteroatoms. The van der Waals surface area contributed by atoms with Crippen LogP contribution in [0.3, 0.4) is 0 Å². The Morgan fingerprint density at radius 2 is 1.81 bits per heavy atom. The first-order valence-electron chi connectivity index (χ1n) is 7.95. The predicted octanol–water partition coefficient (Wildman–Crippen LogP) is 3.15. The zero-order valence-corrected chi connectivity index (χ0v) is 15.8. The highest BCUT2D eigenvalue weighted by molar-refractivity contribution is 7.92. The Hall–Kier alpha value is -2.48. The molecule has 0 fully saturated rings. The summed E-state index contributed by atoms with van der Waals surface area (Å²) in [7, 11) is -4.12. The van der Waals surface area contributed by atoms with Crippen molar-refractivity contribution in [1.29, 1.82) is 0 Å². The number of ether oxygens (including phenoxy) is 1. The third-order valence-electron chi connectivity index (χ3n) is 3.37. The van der Waals surface area contributed by atoms with Crippen LogP contribution in [0.4, 0.5) is 10.1 Å². The molecule has 0 aliphatic rings. The number of aromatic nitrogens is 1. The van der Waals surface area contributed by atoms with E-state index in [4.69, 9.17) is 4.74 Å². The lowest BCUT2D eigenvalue weighted by Crippen LogP contribution is -2.46. The van der Waals surface area contributed by atoms with E-state index in [0.717, 1.165) is 16.4 Å². The molecule has 1 aromatic carbocycles. The number of sulfonamides is 1. The van der Waals surface area contributed by atoms with Crippen molar-refractivity contribution < 1.29 is 22.3 Å². The van der Waals surface area contributed by atoms with Crippen molar-refractivity contribution in [3.63, 3.8) is 0 Å². The summed E-state index contributed by atoms with van der Waals surface area (Å²) in [4.78, 5) is 16.2. The van der Waals surface area contributed by atoms with E-state index in [1.165, 1.54) is 43.6 Å². The number of rotatable bonds is 5. The van der Waals surface area contributed by atoms with Gasteiger partial charge in [0.1, 0.15) is 22.4 Å². The third-order valence-corrected chi connectivity index (χ3v) is 5.25. The lowest BCUT2D eigenvalue weighted by molar-refractivity contribution is -0.155. The standard InChI is InChI=1S/C18H21FN2O4S/c1-13(17(22)25-18(2,3)4)21(15-9-7-14(19)8-10-15)26(23,24)16-6-5-11-20-12-16/h5-13H,1-4H3. The van der Waals surface area contributed by atoms with Crippen molar-refractivity contribution in [2.45, 2.75) is 44.2 Å². The molecule has 0 aliphatic heterocycles. The highest BCUT2D eigenvalue weighted by atomic mass is 32.2. The van der Waals surface area contributed by atoms with Crippen LogP contribution >= 0.6 is 0 Å². The van der Waals surface area contributed by atoms with E-state index < -0.39 is 33.5 Å². The molecule has 0 radical (unpaired) electrons. The molecule has 0 amide bonds. The summed E-state index contributed by atoms with van der Waals surface area (Å²) in [6.45, 7) is 6.49. The van der Waals surface area contributed by atoms with Gasteiger partial charge in [0.05, 0.1) is 5.69 Å². The molecular formula is C18H21FN2O4S. The Kier molecular flexibility index (Phi) is 5.65. The topological polar surface area (TPSA) is 76.6 Å². The number of halogens is 1. The predicted molar refractivity (Wildman–Crippen MR) is 95.6 cm³/mol. The van der Waals surface area contributed by atoms with Crippen LogP contribution < -0.4 is 4.31 Å². The van der Waals surface area contributed by atoms with E-state index in [2.05, 4.69) is 4.98 Å². The maximum Gasteiger partial charge on any atom is 0.330 e. The molecule has 0 aliphatic carbocycles. The lowest BCUT2D eigenvalue weighted by Gasteiger charge is -2.31. The van der Waals surface area contributed by atoms with Crippen molar-refractivity contribution >= 4 is 21.7 Å². The summed E-state index contributed by atoms with van der Waals surface area (Å²) in [6.07, 6.45) is 2.63. The number of benzene rings is 1. The van der Waals surface area contributed by atoms with E-state index in [9.17, 15) is 17.6 Å². The van der Waals surface area contributed by atoms with E-state index in [0.29, 0.717) is 0 Å². The minimum Gasteiger partial charge on any atom is -0.458 e. The molecule has 140 valence electrons. The summed E-state index contributed by atoms with van der Waals surface area (Å²) in [6, 6.07) is 6.54. The Morgan fingerprint density at radius 1 is 1.19 bits per heavy atom. The summed E-state index contributed by atoms with van der Waals surface area (Å²) in [5, 5.41) is 0. The van der Waals surface area contributed by atoms with Gasteiger partial charge in [-0.25, -0.2) is 17.6 Å². The minimum absolute atomic E-state index is 0.0836. The van der Waals surface area contributed by atoms with Gasteiger partial charge in [0.2, 0.25) is 0 Å². The molecule has 2 aromatic rings. The molecule has 1 unspecified atom stereocenters. The first-order valence-corrected chi connectivity index (χ1v) is 9.39. The van der Waals surface area contributed by atoms with Gasteiger partial charge in [-0.15, -0.1) is 0 Å². The van der Waals surface area contributed by atoms with Gasteiger partial charge in [-0.2, -0.15) is 0 Å². The molecule has 0 N–H and O–H groups in total. The fourth-order valence-corrected chi connectivity index (χ4v) is 3.83. The van der Waals surface area contributed by atoms with E-state index in [1.54, 1.807) is 20.8 Å². The van der Waals surface area contributed by atoms with Gasteiger partial charge in [0.15, 0.2) is 0 Å². The SMILES string of the molecule is CC(C(=O)OC(C)(C)C)N(c1ccc(F)cc1)S(=O)(=O)c1cccnc1. The van der Waals surface area contributed by atoms with Crippen molar-refractivity contribution in [3.05, 3.63) is 54.6 Å². The van der Waals surface area contributed by atoms with Gasteiger partial charge in [-0.1, -0.05) is 0 Å². The number of esters is 1. The Balaban J connectivity index is 2.53. The van der Waals surface area contributed by atoms with Gasteiger partial charge in [0, 0.05) is 12.4 Å². The minimum atomic E-state index is -4.12. The smallest absolute Gasteiger partial charge is 0.330 e. The van der Waals surface area contributed by atoms with Crippen molar-refractivity contribution in [2.24, 2.45) is 0 Å². The lowest BCUT2D eigenvalue weighted by atomic mass is 10.2. The summed E-state index contributed by atoms with van der Waals surface area (Å²) in [5.74, 6) is -1.23. The number of nitrogens with zero attached hydrogens (tertiary/aromatic N) is 2. The molecule has 1 heterocycles. The van der Waals surface area contributed by atoms with Crippen LogP contribution in [-0.2, 0) is 19.6 Å². The summed E-state index contributed by atoms with van der Waals surface area (Å²) in [5.41, 5.74) is -0.633. The Labute approximate surface area is 152 Å². The number of pyridine rings is 1. The number of hydrogen-bond donors (Lipinski definition) is 0. The monoisotopic (exact) mass is 380 g/mol. The zero-order chi connectivity index (χ0) is 19.5. The fourth-order valence-electron chi connectivity index (χ4n) is 2.25. The van der Waals surface area contributed by atoms with Crippen LogP contribution in [0.2, 0.25) is 0 Å². The molecule has 1 atom stereocenters. The highest BCUT2D eigenvalue weighted by Crippen LogP contribution is 2.27. The van der Waals surface area contributed by atoms with Gasteiger partial charge >= 0.3 is 5.97 Å². The first kappa shape index (κ1) is 19.8. The Bertz CT molecular complexity index is 862. The maximum atomic E-state index is 13.3. The summed E-state index contributed by atoms with van der Waals surface area (Å²) < 4.78 is 45.7. The highest BCUT2D eigenvalue weighted by Gasteiger charge is 2.35. The average molecular weight is 380 g/mol. The molecule has 2 rings (SSSR count).